The molecule has 2 aromatic carbocycles. The number of rotatable bonds is 1. The van der Waals surface area contributed by atoms with E-state index in [1.54, 1.807) is 24.3 Å². The summed E-state index contributed by atoms with van der Waals surface area (Å²) >= 11 is 0. The Morgan fingerprint density at radius 2 is 1.67 bits per heavy atom. The third-order valence-electron chi connectivity index (χ3n) is 2.88. The number of carboxylic acids is 1. The summed E-state index contributed by atoms with van der Waals surface area (Å²) in [5.41, 5.74) is 8.27. The van der Waals surface area contributed by atoms with Crippen molar-refractivity contribution >= 4 is 33.5 Å². The number of carbonyl (C=O) groups is 1. The molecule has 0 atom stereocenters. The van der Waals surface area contributed by atoms with Crippen molar-refractivity contribution in [2.24, 2.45) is 0 Å². The van der Waals surface area contributed by atoms with Crippen molar-refractivity contribution < 1.29 is 9.90 Å². The van der Waals surface area contributed by atoms with Gasteiger partial charge in [0.25, 0.3) is 0 Å². The van der Waals surface area contributed by atoms with Crippen LogP contribution in [0.4, 0.5) is 5.69 Å². The molecule has 0 saturated carbocycles. The molecule has 3 rings (SSSR count). The predicted molar refractivity (Wildman–Crippen MR) is 70.6 cm³/mol. The first-order valence-electron chi connectivity index (χ1n) is 5.47. The minimum atomic E-state index is -0.940. The minimum Gasteiger partial charge on any atom is -0.478 e. The average Bonchev–Trinajstić information content (AvgIpc) is 2.35. The van der Waals surface area contributed by atoms with Crippen LogP contribution in [0.15, 0.2) is 42.5 Å². The van der Waals surface area contributed by atoms with Gasteiger partial charge in [0.15, 0.2) is 0 Å². The van der Waals surface area contributed by atoms with Crippen LogP contribution in [0.3, 0.4) is 0 Å². The maximum atomic E-state index is 10.9. The van der Waals surface area contributed by atoms with Gasteiger partial charge in [-0.15, -0.1) is 0 Å². The van der Waals surface area contributed by atoms with Crippen LogP contribution < -0.4 is 5.73 Å². The first kappa shape index (κ1) is 10.5. The van der Waals surface area contributed by atoms with E-state index in [0.717, 1.165) is 21.8 Å². The molecule has 88 valence electrons. The van der Waals surface area contributed by atoms with Gasteiger partial charge in [0, 0.05) is 16.5 Å². The number of nitrogens with zero attached hydrogens (tertiary/aromatic N) is 1. The number of benzene rings is 2. The Morgan fingerprint density at radius 1 is 1.00 bits per heavy atom. The van der Waals surface area contributed by atoms with Crippen molar-refractivity contribution in [1.29, 1.82) is 0 Å². The summed E-state index contributed by atoms with van der Waals surface area (Å²) in [7, 11) is 0. The van der Waals surface area contributed by atoms with Gasteiger partial charge in [-0.25, -0.2) is 9.78 Å². The molecule has 0 saturated heterocycles. The highest BCUT2D eigenvalue weighted by molar-refractivity contribution is 5.98. The zero-order valence-corrected chi connectivity index (χ0v) is 9.42. The lowest BCUT2D eigenvalue weighted by Crippen LogP contribution is -1.96. The topological polar surface area (TPSA) is 76.2 Å². The lowest BCUT2D eigenvalue weighted by molar-refractivity contribution is 0.0697. The summed E-state index contributed by atoms with van der Waals surface area (Å²) in [5, 5.41) is 10.7. The predicted octanol–water partition coefficient (Wildman–Crippen LogP) is 2.67. The van der Waals surface area contributed by atoms with Gasteiger partial charge in [-0.2, -0.15) is 0 Å². The van der Waals surface area contributed by atoms with Crippen molar-refractivity contribution in [3.05, 3.63) is 48.0 Å². The lowest BCUT2D eigenvalue weighted by Gasteiger charge is -2.03. The largest absolute Gasteiger partial charge is 0.478 e. The Kier molecular flexibility index (Phi) is 2.16. The molecule has 3 N–H and O–H groups in total. The normalized spacial score (nSPS) is 10.9. The van der Waals surface area contributed by atoms with Gasteiger partial charge in [-0.1, -0.05) is 0 Å². The first-order valence-corrected chi connectivity index (χ1v) is 5.47. The zero-order valence-electron chi connectivity index (χ0n) is 9.42. The fourth-order valence-corrected chi connectivity index (χ4v) is 1.99. The van der Waals surface area contributed by atoms with E-state index >= 15 is 0 Å². The summed E-state index contributed by atoms with van der Waals surface area (Å²) < 4.78 is 0. The molecule has 0 aliphatic heterocycles. The van der Waals surface area contributed by atoms with Crippen molar-refractivity contribution in [3.8, 4) is 0 Å². The number of carboxylic acid groups (broad SMARTS) is 1. The van der Waals surface area contributed by atoms with Crippen LogP contribution in [-0.4, -0.2) is 16.1 Å². The first-order chi connectivity index (χ1) is 8.63. The second-order valence-electron chi connectivity index (χ2n) is 4.15. The number of hydrogen-bond donors (Lipinski definition) is 2. The Labute approximate surface area is 103 Å². The second-order valence-corrected chi connectivity index (χ2v) is 4.15. The molecule has 18 heavy (non-hydrogen) atoms. The molecular weight excluding hydrogens is 228 g/mol. The Balaban J connectivity index is 2.35. The van der Waals surface area contributed by atoms with E-state index in [-0.39, 0.29) is 5.56 Å². The lowest BCUT2D eigenvalue weighted by atomic mass is 10.1. The van der Waals surface area contributed by atoms with Crippen molar-refractivity contribution in [2.45, 2.75) is 0 Å². The van der Waals surface area contributed by atoms with Crippen LogP contribution in [-0.2, 0) is 0 Å². The van der Waals surface area contributed by atoms with E-state index in [1.807, 2.05) is 18.2 Å². The number of aromatic carboxylic acids is 1. The number of fused-ring (bicyclic) bond motifs is 2. The van der Waals surface area contributed by atoms with Crippen molar-refractivity contribution in [3.63, 3.8) is 0 Å². The van der Waals surface area contributed by atoms with E-state index in [9.17, 15) is 4.79 Å². The van der Waals surface area contributed by atoms with Gasteiger partial charge in [0.2, 0.25) is 0 Å². The Morgan fingerprint density at radius 3 is 2.39 bits per heavy atom. The number of aromatic nitrogens is 1. The van der Waals surface area contributed by atoms with Crippen LogP contribution in [0.2, 0.25) is 0 Å². The molecule has 0 radical (unpaired) electrons. The van der Waals surface area contributed by atoms with Gasteiger partial charge in [-0.05, 0) is 42.5 Å². The van der Waals surface area contributed by atoms with Crippen LogP contribution in [0.5, 0.6) is 0 Å². The van der Waals surface area contributed by atoms with Gasteiger partial charge >= 0.3 is 5.97 Å². The molecule has 0 aliphatic rings. The van der Waals surface area contributed by atoms with Gasteiger partial charge in [-0.3, -0.25) is 0 Å². The van der Waals surface area contributed by atoms with Crippen molar-refractivity contribution in [1.82, 2.24) is 4.98 Å². The molecular formula is C14H10N2O2. The van der Waals surface area contributed by atoms with E-state index in [1.165, 1.54) is 0 Å². The summed E-state index contributed by atoms with van der Waals surface area (Å²) in [4.78, 5) is 15.4. The van der Waals surface area contributed by atoms with Gasteiger partial charge < -0.3 is 10.8 Å². The van der Waals surface area contributed by atoms with Crippen molar-refractivity contribution in [2.75, 3.05) is 5.73 Å². The molecule has 0 bridgehead atoms. The van der Waals surface area contributed by atoms with Crippen LogP contribution in [0.25, 0.3) is 21.8 Å². The highest BCUT2D eigenvalue weighted by Crippen LogP contribution is 2.22. The summed E-state index contributed by atoms with van der Waals surface area (Å²) in [6, 6.07) is 12.3. The minimum absolute atomic E-state index is 0.257. The molecule has 3 aromatic rings. The van der Waals surface area contributed by atoms with E-state index in [2.05, 4.69) is 4.98 Å². The number of nitrogens with two attached hydrogens (primary N) is 1. The van der Waals surface area contributed by atoms with Gasteiger partial charge in [0.1, 0.15) is 0 Å². The second kappa shape index (κ2) is 3.70. The summed E-state index contributed by atoms with van der Waals surface area (Å²) in [5.74, 6) is -0.940. The molecule has 0 fully saturated rings. The average molecular weight is 238 g/mol. The molecule has 0 aliphatic carbocycles. The quantitative estimate of drug-likeness (QED) is 0.504. The maximum absolute atomic E-state index is 10.9. The van der Waals surface area contributed by atoms with Gasteiger partial charge in [0.05, 0.1) is 16.6 Å². The Bertz CT molecular complexity index is 781. The standard InChI is InChI=1S/C14H10N2O2/c15-11-2-4-13-10(7-11)6-9-5-8(14(17)18)1-3-12(9)16-13/h1-7H,15H2,(H,17,18). The number of pyridine rings is 1. The number of nitrogen functional groups attached to an aromatic ring is 1. The zero-order chi connectivity index (χ0) is 12.7. The fourth-order valence-electron chi connectivity index (χ4n) is 1.99. The summed E-state index contributed by atoms with van der Waals surface area (Å²) in [6.45, 7) is 0. The monoisotopic (exact) mass is 238 g/mol. The highest BCUT2D eigenvalue weighted by atomic mass is 16.4. The fraction of sp³-hybridized carbons (Fsp3) is 0. The Hall–Kier alpha value is -2.62. The van der Waals surface area contributed by atoms with Crippen LogP contribution >= 0.6 is 0 Å². The molecule has 0 amide bonds. The molecule has 0 spiro atoms. The van der Waals surface area contributed by atoms with Crippen LogP contribution in [0, 0.1) is 0 Å². The number of anilines is 1. The van der Waals surface area contributed by atoms with E-state index < -0.39 is 5.97 Å². The van der Waals surface area contributed by atoms with E-state index in [0.29, 0.717) is 5.69 Å². The third-order valence-corrected chi connectivity index (χ3v) is 2.88. The molecule has 1 heterocycles. The maximum Gasteiger partial charge on any atom is 0.335 e. The van der Waals surface area contributed by atoms with Crippen LogP contribution in [0.1, 0.15) is 10.4 Å². The SMILES string of the molecule is Nc1ccc2nc3ccc(C(=O)O)cc3cc2c1. The molecule has 4 nitrogen and oxygen atoms in total. The summed E-state index contributed by atoms with van der Waals surface area (Å²) in [6.07, 6.45) is 0. The van der Waals surface area contributed by atoms with E-state index in [4.69, 9.17) is 10.8 Å². The molecule has 0 unspecified atom stereocenters. The molecule has 1 aromatic heterocycles. The molecule has 4 heteroatoms. The highest BCUT2D eigenvalue weighted by Gasteiger charge is 2.05. The third kappa shape index (κ3) is 1.64. The smallest absolute Gasteiger partial charge is 0.335 e. The number of hydrogen-bond acceptors (Lipinski definition) is 3.